The number of aromatic hydroxyl groups is 3. The van der Waals surface area contributed by atoms with Gasteiger partial charge in [-0.25, -0.2) is 0 Å². The Morgan fingerprint density at radius 3 is 1.39 bits per heavy atom. The number of nitrogens with zero attached hydrogens (tertiary/aromatic N) is 8. The number of rotatable bonds is 12. The predicted octanol–water partition coefficient (Wildman–Crippen LogP) is 11.3. The first kappa shape index (κ1) is 46.9. The molecule has 0 amide bonds. The van der Waals surface area contributed by atoms with Crippen molar-refractivity contribution in [1.82, 2.24) is 0 Å². The Morgan fingerprint density at radius 1 is 0.406 bits per heavy atom. The van der Waals surface area contributed by atoms with Crippen LogP contribution in [0.1, 0.15) is 0 Å². The fourth-order valence-corrected chi connectivity index (χ4v) is 8.39. The summed E-state index contributed by atoms with van der Waals surface area (Å²) in [6.45, 7) is 0. The summed E-state index contributed by atoms with van der Waals surface area (Å²) in [7, 11) is -14.8. The van der Waals surface area contributed by atoms with E-state index < -0.39 is 67.9 Å². The number of fused-ring (bicyclic) bond motifs is 2. The van der Waals surface area contributed by atoms with Crippen molar-refractivity contribution in [1.29, 1.82) is 0 Å². The van der Waals surface area contributed by atoms with Crippen LogP contribution in [0.15, 0.2) is 189 Å². The number of hydrogen-bond acceptors (Lipinski definition) is 19. The lowest BCUT2D eigenvalue weighted by molar-refractivity contribution is 0.470. The molecule has 0 atom stereocenters. The maximum atomic E-state index is 12.7. The molecule has 0 aliphatic rings. The number of phenolic OH excluding ortho intramolecular Hbond substituents is 3. The molecule has 25 heteroatoms. The van der Waals surface area contributed by atoms with Gasteiger partial charge in [0, 0.05) is 11.5 Å². The van der Waals surface area contributed by atoms with Gasteiger partial charge in [0.25, 0.3) is 30.4 Å². The van der Waals surface area contributed by atoms with E-state index in [4.69, 9.17) is 11.5 Å². The van der Waals surface area contributed by atoms with Crippen molar-refractivity contribution < 1.29 is 54.2 Å². The fourth-order valence-electron chi connectivity index (χ4n) is 6.66. The van der Waals surface area contributed by atoms with Gasteiger partial charge in [-0.1, -0.05) is 30.3 Å². The third-order valence-electron chi connectivity index (χ3n) is 10.1. The first-order valence-corrected chi connectivity index (χ1v) is 23.8. The Labute approximate surface area is 390 Å². The Bertz CT molecular complexity index is 3850. The molecular weight excluding hydrogens is 957 g/mol. The molecule has 0 heterocycles. The first-order valence-electron chi connectivity index (χ1n) is 19.5. The van der Waals surface area contributed by atoms with Crippen LogP contribution >= 0.6 is 0 Å². The first-order chi connectivity index (χ1) is 32.6. The minimum atomic E-state index is -5.18. The van der Waals surface area contributed by atoms with Crippen LogP contribution in [0, 0.1) is 0 Å². The summed E-state index contributed by atoms with van der Waals surface area (Å²) in [5.74, 6) is -1.27. The van der Waals surface area contributed by atoms with Crippen molar-refractivity contribution >= 4 is 109 Å². The molecule has 0 aromatic heterocycles. The zero-order valence-corrected chi connectivity index (χ0v) is 37.2. The van der Waals surface area contributed by atoms with E-state index in [-0.39, 0.29) is 61.4 Å². The predicted molar refractivity (Wildman–Crippen MR) is 253 cm³/mol. The van der Waals surface area contributed by atoms with Crippen molar-refractivity contribution in [2.75, 3.05) is 11.5 Å². The van der Waals surface area contributed by atoms with Crippen molar-refractivity contribution in [2.24, 2.45) is 40.9 Å². The molecule has 0 aliphatic heterocycles. The van der Waals surface area contributed by atoms with Gasteiger partial charge in [0.2, 0.25) is 0 Å². The van der Waals surface area contributed by atoms with E-state index in [1.165, 1.54) is 42.5 Å². The maximum Gasteiger partial charge on any atom is 0.296 e. The number of nitrogen functional groups attached to an aromatic ring is 2. The molecular formula is C44H32N10O12S3. The Balaban J connectivity index is 1.09. The van der Waals surface area contributed by atoms with Gasteiger partial charge in [-0.2, -0.15) is 45.7 Å². The fraction of sp³-hybridized carbons (Fsp3) is 0. The van der Waals surface area contributed by atoms with Gasteiger partial charge in [-0.05, 0) is 119 Å². The Kier molecular flexibility index (Phi) is 12.4. The van der Waals surface area contributed by atoms with Gasteiger partial charge in [0.05, 0.1) is 55.0 Å². The quantitative estimate of drug-likeness (QED) is 0.0320. The summed E-state index contributed by atoms with van der Waals surface area (Å²) < 4.78 is 103. The lowest BCUT2D eigenvalue weighted by Crippen LogP contribution is -2.01. The molecule has 0 saturated heterocycles. The van der Waals surface area contributed by atoms with E-state index in [2.05, 4.69) is 40.9 Å². The number of hydrogen-bond donors (Lipinski definition) is 8. The van der Waals surface area contributed by atoms with E-state index in [1.54, 1.807) is 60.7 Å². The van der Waals surface area contributed by atoms with E-state index in [9.17, 15) is 54.2 Å². The highest BCUT2D eigenvalue weighted by molar-refractivity contribution is 7.86. The minimum Gasteiger partial charge on any atom is -0.508 e. The van der Waals surface area contributed by atoms with E-state index >= 15 is 0 Å². The monoisotopic (exact) mass is 988 g/mol. The Hall–Kier alpha value is -8.59. The standard InChI is InChI=1S/C44H32N10O12S3/c45-41-35(51-50-30-10-5-25-17-33(68(61,62)63)22-38(56)34(25)20-30)15-16-36(42(41)46)52-53-37-21-32(67(58,59)60)18-26-19-39(69(64,65)66)43(44(57)40(26)37)54-49-28-8-3-24(4-9-28)23-1-6-27(7-2-23)47-48-29-11-13-31(55)14-12-29/h1-22,55-57H,45-46H2,(H,58,59,60)(H,61,62,63)(H,64,65,66). The van der Waals surface area contributed by atoms with E-state index in [0.717, 1.165) is 41.5 Å². The molecule has 8 rings (SSSR count). The molecule has 8 aromatic carbocycles. The molecule has 0 aliphatic carbocycles. The van der Waals surface area contributed by atoms with Crippen LogP contribution < -0.4 is 11.5 Å². The average molecular weight is 989 g/mol. The highest BCUT2D eigenvalue weighted by Gasteiger charge is 2.26. The topological polar surface area (TPSA) is 375 Å². The van der Waals surface area contributed by atoms with Crippen LogP contribution in [0.2, 0.25) is 0 Å². The van der Waals surface area contributed by atoms with Gasteiger partial charge >= 0.3 is 0 Å². The van der Waals surface area contributed by atoms with Crippen LogP contribution in [-0.4, -0.2) is 54.2 Å². The second-order valence-corrected chi connectivity index (χ2v) is 19.0. The Morgan fingerprint density at radius 2 is 0.855 bits per heavy atom. The summed E-state index contributed by atoms with van der Waals surface area (Å²) >= 11 is 0. The number of phenols is 3. The van der Waals surface area contributed by atoms with Crippen molar-refractivity contribution in [2.45, 2.75) is 14.7 Å². The molecule has 0 unspecified atom stereocenters. The average Bonchev–Trinajstić information content (AvgIpc) is 3.30. The van der Waals surface area contributed by atoms with Crippen LogP contribution in [0.5, 0.6) is 17.2 Å². The third-order valence-corrected chi connectivity index (χ3v) is 12.6. The molecule has 0 fully saturated rings. The zero-order valence-electron chi connectivity index (χ0n) is 34.8. The highest BCUT2D eigenvalue weighted by atomic mass is 32.2. The molecule has 22 nitrogen and oxygen atoms in total. The van der Waals surface area contributed by atoms with Gasteiger partial charge < -0.3 is 26.8 Å². The summed E-state index contributed by atoms with van der Waals surface area (Å²) in [6, 6.07) is 31.2. The molecule has 0 bridgehead atoms. The third kappa shape index (κ3) is 10.4. The lowest BCUT2D eigenvalue weighted by atomic mass is 10.1. The maximum absolute atomic E-state index is 12.7. The summed E-state index contributed by atoms with van der Waals surface area (Å²) in [6.07, 6.45) is 0. The van der Waals surface area contributed by atoms with Gasteiger partial charge in [0.15, 0.2) is 5.75 Å². The van der Waals surface area contributed by atoms with Gasteiger partial charge in [-0.3, -0.25) is 13.7 Å². The van der Waals surface area contributed by atoms with Crippen LogP contribution in [0.4, 0.5) is 56.9 Å². The molecule has 8 aromatic rings. The van der Waals surface area contributed by atoms with Crippen LogP contribution in [-0.2, 0) is 30.4 Å². The molecule has 0 spiro atoms. The number of benzene rings is 8. The molecule has 0 saturated carbocycles. The van der Waals surface area contributed by atoms with Crippen molar-refractivity contribution in [3.63, 3.8) is 0 Å². The summed E-state index contributed by atoms with van der Waals surface area (Å²) in [4.78, 5) is -2.28. The summed E-state index contributed by atoms with van der Waals surface area (Å²) in [5, 5.41) is 63.9. The lowest BCUT2D eigenvalue weighted by Gasteiger charge is -2.12. The van der Waals surface area contributed by atoms with E-state index in [1.807, 2.05) is 0 Å². The molecule has 69 heavy (non-hydrogen) atoms. The van der Waals surface area contributed by atoms with Crippen molar-refractivity contribution in [3.8, 4) is 28.4 Å². The normalized spacial score (nSPS) is 12.7. The van der Waals surface area contributed by atoms with Gasteiger partial charge in [0.1, 0.15) is 33.5 Å². The highest BCUT2D eigenvalue weighted by Crippen LogP contribution is 2.47. The number of anilines is 2. The number of azo groups is 4. The number of nitrogens with two attached hydrogens (primary N) is 2. The minimum absolute atomic E-state index is 0.0391. The molecule has 0 radical (unpaired) electrons. The smallest absolute Gasteiger partial charge is 0.296 e. The van der Waals surface area contributed by atoms with Crippen LogP contribution in [0.3, 0.4) is 0 Å². The van der Waals surface area contributed by atoms with Crippen LogP contribution in [0.25, 0.3) is 32.7 Å². The van der Waals surface area contributed by atoms with E-state index in [0.29, 0.717) is 11.4 Å². The van der Waals surface area contributed by atoms with Gasteiger partial charge in [-0.15, -0.1) is 20.5 Å². The zero-order chi connectivity index (χ0) is 49.4. The van der Waals surface area contributed by atoms with Crippen molar-refractivity contribution in [3.05, 3.63) is 133 Å². The second-order valence-electron chi connectivity index (χ2n) is 14.7. The molecule has 348 valence electrons. The molecule has 10 N–H and O–H groups in total. The SMILES string of the molecule is Nc1c(N=Nc2ccc3cc(S(=O)(=O)O)cc(O)c3c2)ccc(N=Nc2cc(S(=O)(=O)O)cc3cc(S(=O)(=O)O)c(N=Nc4ccc(-c5ccc(N=Nc6ccc(O)cc6)cc5)cc4)c(O)c23)c1N. The largest absolute Gasteiger partial charge is 0.508 e. The second kappa shape index (κ2) is 18.2. The summed E-state index contributed by atoms with van der Waals surface area (Å²) in [5.41, 5.74) is 14.0.